The predicted octanol–water partition coefficient (Wildman–Crippen LogP) is 3.06. The molecule has 0 atom stereocenters. The van der Waals surface area contributed by atoms with Crippen LogP contribution in [0.2, 0.25) is 0 Å². The van der Waals surface area contributed by atoms with Gasteiger partial charge in [-0.15, -0.1) is 0 Å². The summed E-state index contributed by atoms with van der Waals surface area (Å²) in [6.45, 7) is 2.19. The standard InChI is InChI=1S/C21H21NO5/c1-14-6-4-5-7-17(14)15-8-10-16(11-9-15)22-13-27-12-18(20(23)25-2)19(22)21(24)26-3/h4-11H,12-13H2,1-3H3. The largest absolute Gasteiger partial charge is 0.466 e. The molecule has 0 spiro atoms. The predicted molar refractivity (Wildman–Crippen MR) is 101 cm³/mol. The van der Waals surface area contributed by atoms with Crippen LogP contribution < -0.4 is 4.90 Å². The highest BCUT2D eigenvalue weighted by molar-refractivity contribution is 6.03. The van der Waals surface area contributed by atoms with E-state index < -0.39 is 11.9 Å². The average molecular weight is 367 g/mol. The van der Waals surface area contributed by atoms with Crippen molar-refractivity contribution in [3.63, 3.8) is 0 Å². The van der Waals surface area contributed by atoms with Crippen LogP contribution in [0, 0.1) is 6.92 Å². The molecule has 2 aromatic carbocycles. The Kier molecular flexibility index (Phi) is 5.57. The summed E-state index contributed by atoms with van der Waals surface area (Å²) >= 11 is 0. The number of nitrogens with zero attached hydrogens (tertiary/aromatic N) is 1. The van der Waals surface area contributed by atoms with Crippen molar-refractivity contribution in [2.24, 2.45) is 0 Å². The van der Waals surface area contributed by atoms with Crippen LogP contribution in [0.15, 0.2) is 59.8 Å². The minimum absolute atomic E-state index is 0.00506. The Hall–Kier alpha value is -3.12. The number of aryl methyl sites for hydroxylation is 1. The smallest absolute Gasteiger partial charge is 0.355 e. The number of anilines is 1. The van der Waals surface area contributed by atoms with Crippen LogP contribution in [-0.2, 0) is 23.8 Å². The Balaban J connectivity index is 2.00. The summed E-state index contributed by atoms with van der Waals surface area (Å²) in [7, 11) is 2.54. The van der Waals surface area contributed by atoms with Gasteiger partial charge in [-0.3, -0.25) is 0 Å². The zero-order chi connectivity index (χ0) is 19.4. The maximum absolute atomic E-state index is 12.3. The van der Waals surface area contributed by atoms with Gasteiger partial charge in [0, 0.05) is 5.69 Å². The lowest BCUT2D eigenvalue weighted by Gasteiger charge is -2.31. The van der Waals surface area contributed by atoms with Crippen molar-refractivity contribution in [2.45, 2.75) is 6.92 Å². The topological polar surface area (TPSA) is 65.1 Å². The SMILES string of the molecule is COC(=O)C1=C(C(=O)OC)N(c2ccc(-c3ccccc3C)cc2)COC1. The lowest BCUT2D eigenvalue weighted by Crippen LogP contribution is -2.38. The van der Waals surface area contributed by atoms with Crippen LogP contribution in [0.4, 0.5) is 5.69 Å². The van der Waals surface area contributed by atoms with Gasteiger partial charge in [0.1, 0.15) is 12.4 Å². The van der Waals surface area contributed by atoms with E-state index in [0.29, 0.717) is 5.69 Å². The second-order valence-electron chi connectivity index (χ2n) is 6.08. The van der Waals surface area contributed by atoms with Gasteiger partial charge < -0.3 is 19.1 Å². The number of hydrogen-bond acceptors (Lipinski definition) is 6. The van der Waals surface area contributed by atoms with E-state index in [4.69, 9.17) is 14.2 Å². The van der Waals surface area contributed by atoms with E-state index in [9.17, 15) is 9.59 Å². The number of esters is 2. The number of carbonyl (C=O) groups excluding carboxylic acids is 2. The van der Waals surface area contributed by atoms with Crippen LogP contribution in [0.5, 0.6) is 0 Å². The first-order chi connectivity index (χ1) is 13.1. The van der Waals surface area contributed by atoms with Gasteiger partial charge in [-0.25, -0.2) is 9.59 Å². The summed E-state index contributed by atoms with van der Waals surface area (Å²) < 4.78 is 15.1. The molecule has 0 aromatic heterocycles. The molecule has 1 heterocycles. The van der Waals surface area contributed by atoms with Crippen molar-refractivity contribution in [2.75, 3.05) is 32.5 Å². The highest BCUT2D eigenvalue weighted by Crippen LogP contribution is 2.30. The summed E-state index contributed by atoms with van der Waals surface area (Å²) in [5.41, 5.74) is 4.37. The maximum Gasteiger partial charge on any atom is 0.355 e. The fraction of sp³-hybridized carbons (Fsp3) is 0.238. The quantitative estimate of drug-likeness (QED) is 0.774. The van der Waals surface area contributed by atoms with Crippen LogP contribution in [0.3, 0.4) is 0 Å². The summed E-state index contributed by atoms with van der Waals surface area (Å²) in [6.07, 6.45) is 0. The molecule has 0 saturated carbocycles. The molecule has 3 rings (SSSR count). The maximum atomic E-state index is 12.3. The molecular formula is C21H21NO5. The molecule has 0 amide bonds. The first-order valence-electron chi connectivity index (χ1n) is 8.48. The molecule has 6 nitrogen and oxygen atoms in total. The molecular weight excluding hydrogens is 346 g/mol. The van der Waals surface area contributed by atoms with Crippen molar-refractivity contribution in [1.82, 2.24) is 0 Å². The molecule has 27 heavy (non-hydrogen) atoms. The Morgan fingerprint density at radius 3 is 2.26 bits per heavy atom. The number of methoxy groups -OCH3 is 2. The Bertz CT molecular complexity index is 886. The summed E-state index contributed by atoms with van der Waals surface area (Å²) in [6, 6.07) is 15.8. The minimum Gasteiger partial charge on any atom is -0.466 e. The van der Waals surface area contributed by atoms with Gasteiger partial charge in [-0.2, -0.15) is 0 Å². The lowest BCUT2D eigenvalue weighted by molar-refractivity contribution is -0.140. The van der Waals surface area contributed by atoms with E-state index in [1.807, 2.05) is 36.4 Å². The highest BCUT2D eigenvalue weighted by Gasteiger charge is 2.32. The van der Waals surface area contributed by atoms with Crippen LogP contribution in [0.1, 0.15) is 5.56 Å². The Morgan fingerprint density at radius 2 is 1.63 bits per heavy atom. The fourth-order valence-corrected chi connectivity index (χ4v) is 3.07. The second-order valence-corrected chi connectivity index (χ2v) is 6.08. The van der Waals surface area contributed by atoms with E-state index in [1.165, 1.54) is 19.8 Å². The minimum atomic E-state index is -0.614. The molecule has 2 aromatic rings. The number of ether oxygens (including phenoxy) is 3. The van der Waals surface area contributed by atoms with Gasteiger partial charge in [0.25, 0.3) is 0 Å². The first kappa shape index (κ1) is 18.7. The van der Waals surface area contributed by atoms with Gasteiger partial charge in [0.15, 0.2) is 0 Å². The third kappa shape index (κ3) is 3.71. The van der Waals surface area contributed by atoms with Crippen molar-refractivity contribution in [3.8, 4) is 11.1 Å². The molecule has 0 N–H and O–H groups in total. The van der Waals surface area contributed by atoms with E-state index in [2.05, 4.69) is 19.1 Å². The molecule has 0 bridgehead atoms. The van der Waals surface area contributed by atoms with Gasteiger partial charge in [-0.05, 0) is 35.7 Å². The van der Waals surface area contributed by atoms with Gasteiger partial charge in [-0.1, -0.05) is 36.4 Å². The molecule has 0 radical (unpaired) electrons. The number of hydrogen-bond donors (Lipinski definition) is 0. The molecule has 0 unspecified atom stereocenters. The van der Waals surface area contributed by atoms with E-state index in [0.717, 1.165) is 11.1 Å². The molecule has 140 valence electrons. The number of rotatable bonds is 4. The second kappa shape index (κ2) is 8.05. The Labute approximate surface area is 158 Å². The Morgan fingerprint density at radius 1 is 0.963 bits per heavy atom. The van der Waals surface area contributed by atoms with Crippen molar-refractivity contribution in [3.05, 3.63) is 65.4 Å². The molecule has 6 heteroatoms. The first-order valence-corrected chi connectivity index (χ1v) is 8.48. The third-order valence-corrected chi connectivity index (χ3v) is 4.47. The zero-order valence-electron chi connectivity index (χ0n) is 15.5. The number of carbonyl (C=O) groups is 2. The average Bonchev–Trinajstić information content (AvgIpc) is 2.72. The van der Waals surface area contributed by atoms with Crippen molar-refractivity contribution < 1.29 is 23.8 Å². The van der Waals surface area contributed by atoms with Gasteiger partial charge in [0.05, 0.1) is 26.4 Å². The van der Waals surface area contributed by atoms with Crippen molar-refractivity contribution in [1.29, 1.82) is 0 Å². The third-order valence-electron chi connectivity index (χ3n) is 4.47. The molecule has 0 saturated heterocycles. The molecule has 0 aliphatic carbocycles. The monoisotopic (exact) mass is 367 g/mol. The van der Waals surface area contributed by atoms with Crippen molar-refractivity contribution >= 4 is 17.6 Å². The fourth-order valence-electron chi connectivity index (χ4n) is 3.07. The van der Waals surface area contributed by atoms with Gasteiger partial charge in [0.2, 0.25) is 0 Å². The van der Waals surface area contributed by atoms with Crippen LogP contribution in [-0.4, -0.2) is 39.5 Å². The zero-order valence-corrected chi connectivity index (χ0v) is 15.5. The highest BCUT2D eigenvalue weighted by atomic mass is 16.5. The van der Waals surface area contributed by atoms with E-state index in [-0.39, 0.29) is 24.6 Å². The van der Waals surface area contributed by atoms with E-state index >= 15 is 0 Å². The molecule has 0 fully saturated rings. The molecule has 1 aliphatic heterocycles. The van der Waals surface area contributed by atoms with Gasteiger partial charge >= 0.3 is 11.9 Å². The summed E-state index contributed by atoms with van der Waals surface area (Å²) in [5, 5.41) is 0. The van der Waals surface area contributed by atoms with E-state index in [1.54, 1.807) is 4.90 Å². The lowest BCUT2D eigenvalue weighted by atomic mass is 10.0. The normalized spacial score (nSPS) is 14.1. The summed E-state index contributed by atoms with van der Waals surface area (Å²) in [4.78, 5) is 26.0. The van der Waals surface area contributed by atoms with Crippen LogP contribution >= 0.6 is 0 Å². The number of benzene rings is 2. The van der Waals surface area contributed by atoms with Crippen LogP contribution in [0.25, 0.3) is 11.1 Å². The molecule has 1 aliphatic rings. The summed E-state index contributed by atoms with van der Waals surface area (Å²) in [5.74, 6) is -1.22.